The van der Waals surface area contributed by atoms with Gasteiger partial charge in [0, 0.05) is 0 Å². The van der Waals surface area contributed by atoms with Crippen LogP contribution in [0.3, 0.4) is 0 Å². The molecule has 0 spiro atoms. The van der Waals surface area contributed by atoms with Crippen molar-refractivity contribution in [2.24, 2.45) is 5.92 Å². The molecule has 1 aromatic rings. The molecule has 0 bridgehead atoms. The average molecular weight is 258 g/mol. The monoisotopic (exact) mass is 258 g/mol. The molecule has 1 unspecified atom stereocenters. The fraction of sp³-hybridized carbons (Fsp3) is 0.462. The zero-order valence-electron chi connectivity index (χ0n) is 10.2. The van der Waals surface area contributed by atoms with Crippen molar-refractivity contribution < 1.29 is 23.8 Å². The molecule has 0 saturated carbocycles. The molecular formula is C13H16F2O3. The number of hydrogen-bond acceptors (Lipinski definition) is 2. The summed E-state index contributed by atoms with van der Waals surface area (Å²) in [4.78, 5) is 10.7. The fourth-order valence-electron chi connectivity index (χ4n) is 1.91. The number of aliphatic hydroxyl groups is 1. The minimum Gasteiger partial charge on any atom is -0.477 e. The van der Waals surface area contributed by atoms with Crippen molar-refractivity contribution in [1.29, 1.82) is 0 Å². The van der Waals surface area contributed by atoms with Crippen molar-refractivity contribution >= 4 is 5.97 Å². The maximum atomic E-state index is 13.8. The lowest BCUT2D eigenvalue weighted by atomic mass is 9.80. The van der Waals surface area contributed by atoms with Crippen LogP contribution in [-0.2, 0) is 10.4 Å². The lowest BCUT2D eigenvalue weighted by Gasteiger charge is -2.35. The summed E-state index contributed by atoms with van der Waals surface area (Å²) < 4.78 is 27.6. The Morgan fingerprint density at radius 3 is 2.17 bits per heavy atom. The molecule has 1 rings (SSSR count). The Morgan fingerprint density at radius 2 is 1.78 bits per heavy atom. The van der Waals surface area contributed by atoms with Crippen LogP contribution < -0.4 is 0 Å². The number of benzene rings is 1. The summed E-state index contributed by atoms with van der Waals surface area (Å²) in [6, 6.07) is 7.19. The molecule has 0 fully saturated rings. The molecule has 0 amide bonds. The minimum absolute atomic E-state index is 0.0916. The minimum atomic E-state index is -4.24. The van der Waals surface area contributed by atoms with Gasteiger partial charge in [0.05, 0.1) is 0 Å². The van der Waals surface area contributed by atoms with Crippen molar-refractivity contribution in [1.82, 2.24) is 0 Å². The maximum Gasteiger partial charge on any atom is 0.378 e. The van der Waals surface area contributed by atoms with Crippen LogP contribution in [0.2, 0.25) is 0 Å². The Balaban J connectivity index is 3.32. The van der Waals surface area contributed by atoms with Gasteiger partial charge >= 0.3 is 11.9 Å². The second-order valence-electron chi connectivity index (χ2n) is 4.70. The van der Waals surface area contributed by atoms with E-state index >= 15 is 0 Å². The highest BCUT2D eigenvalue weighted by atomic mass is 19.3. The van der Waals surface area contributed by atoms with Gasteiger partial charge in [0.15, 0.2) is 5.60 Å². The summed E-state index contributed by atoms with van der Waals surface area (Å²) >= 11 is 0. The van der Waals surface area contributed by atoms with Crippen LogP contribution in [0.5, 0.6) is 0 Å². The predicted molar refractivity (Wildman–Crippen MR) is 62.4 cm³/mol. The lowest BCUT2D eigenvalue weighted by Crippen LogP contribution is -2.51. The molecule has 0 aliphatic carbocycles. The smallest absolute Gasteiger partial charge is 0.378 e. The maximum absolute atomic E-state index is 13.8. The van der Waals surface area contributed by atoms with Crippen LogP contribution in [0.4, 0.5) is 8.78 Å². The Hall–Kier alpha value is -1.49. The molecular weight excluding hydrogens is 242 g/mol. The van der Waals surface area contributed by atoms with Crippen molar-refractivity contribution in [3.8, 4) is 0 Å². The molecule has 1 aromatic carbocycles. The summed E-state index contributed by atoms with van der Waals surface area (Å²) in [7, 11) is 0. The second-order valence-corrected chi connectivity index (χ2v) is 4.70. The first-order chi connectivity index (χ1) is 8.22. The summed E-state index contributed by atoms with van der Waals surface area (Å²) in [6.45, 7) is 3.29. The van der Waals surface area contributed by atoms with E-state index in [4.69, 9.17) is 5.11 Å². The molecule has 5 heteroatoms. The number of hydrogen-bond donors (Lipinski definition) is 2. The molecule has 100 valence electrons. The van der Waals surface area contributed by atoms with E-state index in [1.807, 2.05) is 0 Å². The average Bonchev–Trinajstić information content (AvgIpc) is 2.28. The number of alkyl halides is 2. The van der Waals surface area contributed by atoms with Gasteiger partial charge < -0.3 is 10.2 Å². The molecule has 18 heavy (non-hydrogen) atoms. The third-order valence-corrected chi connectivity index (χ3v) is 2.74. The van der Waals surface area contributed by atoms with Crippen LogP contribution in [0, 0.1) is 5.92 Å². The highest BCUT2D eigenvalue weighted by Gasteiger charge is 2.59. The van der Waals surface area contributed by atoms with Gasteiger partial charge in [-0.15, -0.1) is 0 Å². The highest BCUT2D eigenvalue weighted by Crippen LogP contribution is 2.42. The quantitative estimate of drug-likeness (QED) is 0.853. The van der Waals surface area contributed by atoms with E-state index in [0.29, 0.717) is 0 Å². The van der Waals surface area contributed by atoms with Gasteiger partial charge in [-0.1, -0.05) is 44.2 Å². The van der Waals surface area contributed by atoms with Gasteiger partial charge in [-0.05, 0) is 17.9 Å². The highest BCUT2D eigenvalue weighted by molar-refractivity contribution is 5.77. The van der Waals surface area contributed by atoms with Crippen molar-refractivity contribution in [3.05, 3.63) is 35.9 Å². The van der Waals surface area contributed by atoms with E-state index in [9.17, 15) is 18.7 Å². The number of carboxylic acids is 1. The molecule has 0 radical (unpaired) electrons. The standard InChI is InChI=1S/C13H16F2O3/c1-9(2)8-12(18,13(14,15)11(16)17)10-6-4-3-5-7-10/h3-7,9,18H,8H2,1-2H3,(H,16,17). The van der Waals surface area contributed by atoms with E-state index in [-0.39, 0.29) is 17.9 Å². The molecule has 0 aromatic heterocycles. The number of rotatable bonds is 5. The largest absolute Gasteiger partial charge is 0.477 e. The zero-order valence-corrected chi connectivity index (χ0v) is 10.2. The zero-order chi connectivity index (χ0) is 14.0. The molecule has 3 nitrogen and oxygen atoms in total. The molecule has 0 aliphatic heterocycles. The van der Waals surface area contributed by atoms with Crippen LogP contribution in [0.25, 0.3) is 0 Å². The van der Waals surface area contributed by atoms with E-state index < -0.39 is 17.5 Å². The first kappa shape index (κ1) is 14.6. The van der Waals surface area contributed by atoms with Gasteiger partial charge in [-0.3, -0.25) is 0 Å². The molecule has 2 N–H and O–H groups in total. The molecule has 1 atom stereocenters. The van der Waals surface area contributed by atoms with Crippen LogP contribution in [0.1, 0.15) is 25.8 Å². The van der Waals surface area contributed by atoms with E-state index in [1.54, 1.807) is 19.9 Å². The van der Waals surface area contributed by atoms with Crippen molar-refractivity contribution in [3.63, 3.8) is 0 Å². The number of halogens is 2. The Labute approximate surface area is 104 Å². The topological polar surface area (TPSA) is 57.5 Å². The van der Waals surface area contributed by atoms with Crippen molar-refractivity contribution in [2.45, 2.75) is 31.8 Å². The van der Waals surface area contributed by atoms with Gasteiger partial charge in [0.1, 0.15) is 0 Å². The number of aliphatic carboxylic acids is 1. The SMILES string of the molecule is CC(C)CC(O)(c1ccccc1)C(F)(F)C(=O)O. The Bertz CT molecular complexity index is 418. The van der Waals surface area contributed by atoms with Gasteiger partial charge in [-0.25, -0.2) is 4.79 Å². The van der Waals surface area contributed by atoms with Gasteiger partial charge in [0.25, 0.3) is 0 Å². The van der Waals surface area contributed by atoms with E-state index in [1.165, 1.54) is 24.3 Å². The van der Waals surface area contributed by atoms with Gasteiger partial charge in [0.2, 0.25) is 0 Å². The summed E-state index contributed by atoms with van der Waals surface area (Å²) in [5.41, 5.74) is -2.79. The number of carbonyl (C=O) groups is 1. The van der Waals surface area contributed by atoms with E-state index in [0.717, 1.165) is 0 Å². The molecule has 0 aliphatic rings. The Kier molecular flexibility index (Phi) is 4.06. The van der Waals surface area contributed by atoms with E-state index in [2.05, 4.69) is 0 Å². The number of carboxylic acid groups (broad SMARTS) is 1. The van der Waals surface area contributed by atoms with Gasteiger partial charge in [-0.2, -0.15) is 8.78 Å². The van der Waals surface area contributed by atoms with Crippen LogP contribution in [-0.4, -0.2) is 22.1 Å². The molecule has 0 heterocycles. The predicted octanol–water partition coefficient (Wildman–Crippen LogP) is 2.64. The summed E-state index contributed by atoms with van der Waals surface area (Å²) in [5, 5.41) is 18.9. The Morgan fingerprint density at radius 1 is 1.28 bits per heavy atom. The van der Waals surface area contributed by atoms with Crippen molar-refractivity contribution in [2.75, 3.05) is 0 Å². The van der Waals surface area contributed by atoms with Crippen LogP contribution in [0.15, 0.2) is 30.3 Å². The third kappa shape index (κ3) is 2.51. The van der Waals surface area contributed by atoms with Crippen LogP contribution >= 0.6 is 0 Å². The summed E-state index contributed by atoms with van der Waals surface area (Å²) in [6.07, 6.45) is -0.337. The fourth-order valence-corrected chi connectivity index (χ4v) is 1.91. The third-order valence-electron chi connectivity index (χ3n) is 2.74. The normalized spacial score (nSPS) is 15.4. The molecule has 0 saturated heterocycles. The first-order valence-electron chi connectivity index (χ1n) is 5.61. The first-order valence-corrected chi connectivity index (χ1v) is 5.61. The summed E-state index contributed by atoms with van der Waals surface area (Å²) in [5.74, 6) is -6.84. The second kappa shape index (κ2) is 5.02. The lowest BCUT2D eigenvalue weighted by molar-refractivity contribution is -0.216.